The minimum Gasteiger partial charge on any atom is -0.379 e. The van der Waals surface area contributed by atoms with Crippen molar-refractivity contribution in [1.29, 1.82) is 0 Å². The van der Waals surface area contributed by atoms with Crippen molar-refractivity contribution in [2.24, 2.45) is 11.8 Å². The van der Waals surface area contributed by atoms with Gasteiger partial charge < -0.3 is 10.1 Å². The highest BCUT2D eigenvalue weighted by Crippen LogP contribution is 2.21. The maximum Gasteiger partial charge on any atom is 0.0634 e. The van der Waals surface area contributed by atoms with Gasteiger partial charge in [-0.25, -0.2) is 0 Å². The Morgan fingerprint density at radius 1 is 1.14 bits per heavy atom. The van der Waals surface area contributed by atoms with Crippen molar-refractivity contribution in [3.8, 4) is 0 Å². The van der Waals surface area contributed by atoms with Crippen molar-refractivity contribution in [3.63, 3.8) is 0 Å². The van der Waals surface area contributed by atoms with Gasteiger partial charge >= 0.3 is 0 Å². The van der Waals surface area contributed by atoms with Gasteiger partial charge in [0.1, 0.15) is 0 Å². The molecule has 21 heavy (non-hydrogen) atoms. The zero-order valence-electron chi connectivity index (χ0n) is 15.4. The molecular formula is C18H38N2O. The molecule has 0 aromatic carbocycles. The van der Waals surface area contributed by atoms with Gasteiger partial charge in [-0.1, -0.05) is 27.7 Å². The van der Waals surface area contributed by atoms with E-state index in [9.17, 15) is 0 Å². The lowest BCUT2D eigenvalue weighted by Crippen LogP contribution is -2.57. The molecule has 1 saturated heterocycles. The second kappa shape index (κ2) is 8.50. The van der Waals surface area contributed by atoms with E-state index in [4.69, 9.17) is 4.74 Å². The summed E-state index contributed by atoms with van der Waals surface area (Å²) in [5, 5.41) is 3.77. The van der Waals surface area contributed by atoms with Gasteiger partial charge in [-0.05, 0) is 44.9 Å². The molecule has 126 valence electrons. The Labute approximate surface area is 132 Å². The Morgan fingerprint density at radius 2 is 1.76 bits per heavy atom. The summed E-state index contributed by atoms with van der Waals surface area (Å²) in [7, 11) is 1.82. The molecule has 2 atom stereocenters. The Balaban J connectivity index is 2.60. The van der Waals surface area contributed by atoms with Crippen LogP contribution in [0.5, 0.6) is 0 Å². The Hall–Kier alpha value is -0.120. The minimum absolute atomic E-state index is 0.0131. The van der Waals surface area contributed by atoms with Gasteiger partial charge in [-0.3, -0.25) is 4.90 Å². The molecule has 3 nitrogen and oxygen atoms in total. The highest BCUT2D eigenvalue weighted by atomic mass is 16.5. The van der Waals surface area contributed by atoms with Crippen LogP contribution in [-0.4, -0.2) is 49.3 Å². The van der Waals surface area contributed by atoms with Crippen molar-refractivity contribution in [1.82, 2.24) is 10.2 Å². The van der Waals surface area contributed by atoms with E-state index in [0.717, 1.165) is 31.3 Å². The fraction of sp³-hybridized carbons (Fsp3) is 1.00. The molecule has 3 heteroatoms. The average molecular weight is 299 g/mol. The van der Waals surface area contributed by atoms with Crippen LogP contribution in [0.4, 0.5) is 0 Å². The average Bonchev–Trinajstić information content (AvgIpc) is 2.37. The number of hydrogen-bond acceptors (Lipinski definition) is 3. The molecule has 0 spiro atoms. The number of piperazine rings is 1. The van der Waals surface area contributed by atoms with E-state index in [1.54, 1.807) is 0 Å². The highest BCUT2D eigenvalue weighted by molar-refractivity contribution is 4.88. The van der Waals surface area contributed by atoms with Gasteiger partial charge in [-0.15, -0.1) is 0 Å². The second-order valence-electron chi connectivity index (χ2n) is 8.23. The van der Waals surface area contributed by atoms with Gasteiger partial charge in [0.15, 0.2) is 0 Å². The lowest BCUT2D eigenvalue weighted by Gasteiger charge is -2.43. The van der Waals surface area contributed by atoms with Crippen LogP contribution in [0.1, 0.15) is 60.8 Å². The summed E-state index contributed by atoms with van der Waals surface area (Å²) >= 11 is 0. The molecule has 0 radical (unpaired) electrons. The van der Waals surface area contributed by atoms with Crippen molar-refractivity contribution in [2.45, 2.75) is 78.5 Å². The maximum absolute atomic E-state index is 5.59. The van der Waals surface area contributed by atoms with Crippen LogP contribution in [0, 0.1) is 11.8 Å². The molecule has 0 bridgehead atoms. The summed E-state index contributed by atoms with van der Waals surface area (Å²) < 4.78 is 5.59. The van der Waals surface area contributed by atoms with Crippen LogP contribution in [0.25, 0.3) is 0 Å². The van der Waals surface area contributed by atoms with E-state index >= 15 is 0 Å². The van der Waals surface area contributed by atoms with E-state index in [1.165, 1.54) is 19.4 Å². The fourth-order valence-electron chi connectivity index (χ4n) is 3.22. The first-order valence-electron chi connectivity index (χ1n) is 8.76. The molecule has 1 heterocycles. The van der Waals surface area contributed by atoms with Gasteiger partial charge in [-0.2, -0.15) is 0 Å². The quantitative estimate of drug-likeness (QED) is 0.742. The maximum atomic E-state index is 5.59. The topological polar surface area (TPSA) is 24.5 Å². The molecule has 2 unspecified atom stereocenters. The number of hydrogen-bond donors (Lipinski definition) is 1. The van der Waals surface area contributed by atoms with Gasteiger partial charge in [0.05, 0.1) is 5.60 Å². The van der Waals surface area contributed by atoms with E-state index in [-0.39, 0.29) is 5.60 Å². The third-order valence-corrected chi connectivity index (χ3v) is 4.67. The first-order valence-corrected chi connectivity index (χ1v) is 8.76. The molecule has 1 rings (SSSR count). The highest BCUT2D eigenvalue weighted by Gasteiger charge is 2.29. The summed E-state index contributed by atoms with van der Waals surface area (Å²) in [4.78, 5) is 2.71. The third-order valence-electron chi connectivity index (χ3n) is 4.67. The zero-order chi connectivity index (χ0) is 16.0. The second-order valence-corrected chi connectivity index (χ2v) is 8.23. The van der Waals surface area contributed by atoms with Crippen LogP contribution in [0.2, 0.25) is 0 Å². The lowest BCUT2D eigenvalue weighted by molar-refractivity contribution is -0.00216. The van der Waals surface area contributed by atoms with E-state index in [0.29, 0.717) is 12.1 Å². The number of ether oxygens (including phenoxy) is 1. The smallest absolute Gasteiger partial charge is 0.0634 e. The predicted molar refractivity (Wildman–Crippen MR) is 91.8 cm³/mol. The van der Waals surface area contributed by atoms with E-state index in [2.05, 4.69) is 51.8 Å². The van der Waals surface area contributed by atoms with Crippen LogP contribution < -0.4 is 5.32 Å². The number of methoxy groups -OCH3 is 1. The largest absolute Gasteiger partial charge is 0.379 e. The number of nitrogens with zero attached hydrogens (tertiary/aromatic N) is 1. The summed E-state index contributed by atoms with van der Waals surface area (Å²) in [5.74, 6) is 1.53. The summed E-state index contributed by atoms with van der Waals surface area (Å²) in [5.41, 5.74) is -0.0131. The molecular weight excluding hydrogens is 260 g/mol. The van der Waals surface area contributed by atoms with Gasteiger partial charge in [0.25, 0.3) is 0 Å². The van der Waals surface area contributed by atoms with Crippen molar-refractivity contribution in [3.05, 3.63) is 0 Å². The number of rotatable bonds is 8. The zero-order valence-corrected chi connectivity index (χ0v) is 15.4. The SMILES string of the molecule is COC(C)(C)CCN1CC(CC(C)C)NCC1CC(C)C. The van der Waals surface area contributed by atoms with E-state index < -0.39 is 0 Å². The molecule has 0 aromatic rings. The first kappa shape index (κ1) is 18.9. The molecule has 1 fully saturated rings. The molecule has 0 aromatic heterocycles. The Kier molecular flexibility index (Phi) is 7.66. The van der Waals surface area contributed by atoms with Gasteiger partial charge in [0, 0.05) is 38.8 Å². The molecule has 0 saturated carbocycles. The van der Waals surface area contributed by atoms with Crippen molar-refractivity contribution in [2.75, 3.05) is 26.7 Å². The summed E-state index contributed by atoms with van der Waals surface area (Å²) in [6, 6.07) is 1.33. The van der Waals surface area contributed by atoms with Crippen molar-refractivity contribution >= 4 is 0 Å². The lowest BCUT2D eigenvalue weighted by atomic mass is 9.94. The van der Waals surface area contributed by atoms with Gasteiger partial charge in [0.2, 0.25) is 0 Å². The molecule has 1 aliphatic heterocycles. The third kappa shape index (κ3) is 7.12. The Morgan fingerprint density at radius 3 is 2.29 bits per heavy atom. The molecule has 1 aliphatic rings. The standard InChI is InChI=1S/C18H38N2O/c1-14(2)10-16-13-20(9-8-18(5,6)21-7)17(12-19-16)11-15(3)4/h14-17,19H,8-13H2,1-7H3. The minimum atomic E-state index is -0.0131. The monoisotopic (exact) mass is 298 g/mol. The predicted octanol–water partition coefficient (Wildman–Crippen LogP) is 3.54. The fourth-order valence-corrected chi connectivity index (χ4v) is 3.22. The van der Waals surface area contributed by atoms with Crippen LogP contribution in [0.15, 0.2) is 0 Å². The molecule has 0 aliphatic carbocycles. The van der Waals surface area contributed by atoms with Crippen molar-refractivity contribution < 1.29 is 4.74 Å². The normalized spacial score (nSPS) is 25.0. The first-order chi connectivity index (χ1) is 9.73. The van der Waals surface area contributed by atoms with E-state index in [1.807, 2.05) is 7.11 Å². The Bertz CT molecular complexity index is 289. The summed E-state index contributed by atoms with van der Waals surface area (Å²) in [6.45, 7) is 17.2. The van der Waals surface area contributed by atoms with Crippen LogP contribution in [0.3, 0.4) is 0 Å². The summed E-state index contributed by atoms with van der Waals surface area (Å²) in [6.07, 6.45) is 3.67. The molecule has 0 amide bonds. The van der Waals surface area contributed by atoms with Crippen LogP contribution in [-0.2, 0) is 4.74 Å². The van der Waals surface area contributed by atoms with Crippen LogP contribution >= 0.6 is 0 Å². The number of nitrogens with one attached hydrogen (secondary N) is 1. The molecule has 1 N–H and O–H groups in total.